The summed E-state index contributed by atoms with van der Waals surface area (Å²) in [6, 6.07) is 0. The van der Waals surface area contributed by atoms with E-state index in [0.29, 0.717) is 5.82 Å². The van der Waals surface area contributed by atoms with Gasteiger partial charge < -0.3 is 15.5 Å². The van der Waals surface area contributed by atoms with Gasteiger partial charge in [-0.15, -0.1) is 0 Å². The molecular weight excluding hydrogens is 182 g/mol. The quantitative estimate of drug-likeness (QED) is 0.630. The van der Waals surface area contributed by atoms with E-state index in [2.05, 4.69) is 15.3 Å². The zero-order valence-electron chi connectivity index (χ0n) is 8.36. The fourth-order valence-electron chi connectivity index (χ4n) is 0.886. The normalized spacial score (nSPS) is 14.9. The third-order valence-corrected chi connectivity index (χ3v) is 1.75. The Balaban J connectivity index is 2.54. The van der Waals surface area contributed by atoms with Crippen LogP contribution >= 0.6 is 0 Å². The lowest BCUT2D eigenvalue weighted by molar-refractivity contribution is 0.0131. The highest BCUT2D eigenvalue weighted by molar-refractivity contribution is 5.31. The zero-order valence-corrected chi connectivity index (χ0v) is 8.36. The molecule has 5 heteroatoms. The summed E-state index contributed by atoms with van der Waals surface area (Å²) in [6.45, 7) is 3.33. The van der Waals surface area contributed by atoms with Gasteiger partial charge in [0.1, 0.15) is 11.4 Å². The van der Waals surface area contributed by atoms with Crippen LogP contribution in [0.4, 0.5) is 5.82 Å². The molecule has 0 fully saturated rings. The molecule has 78 valence electrons. The van der Waals surface area contributed by atoms with Gasteiger partial charge in [-0.2, -0.15) is 0 Å². The lowest BCUT2D eigenvalue weighted by Gasteiger charge is -2.20. The molecule has 1 aromatic rings. The Morgan fingerprint density at radius 2 is 2.21 bits per heavy atom. The van der Waals surface area contributed by atoms with Crippen molar-refractivity contribution >= 4 is 5.82 Å². The lowest BCUT2D eigenvalue weighted by Crippen LogP contribution is -2.37. The summed E-state index contributed by atoms with van der Waals surface area (Å²) >= 11 is 0. The number of hydrogen-bond donors (Lipinski definition) is 3. The Morgan fingerprint density at radius 3 is 2.79 bits per heavy atom. The van der Waals surface area contributed by atoms with Gasteiger partial charge in [-0.05, 0) is 13.8 Å². The van der Waals surface area contributed by atoms with Crippen LogP contribution in [0.25, 0.3) is 0 Å². The standard InChI is InChI=1S/C9H15N3O2/c1-7-3-10-4-8(12-7)11-5-9(2,14)6-13/h3-4,13-14H,5-6H2,1-2H3,(H,11,12). The van der Waals surface area contributed by atoms with E-state index in [1.165, 1.54) is 0 Å². The predicted molar refractivity (Wildman–Crippen MR) is 53.0 cm³/mol. The van der Waals surface area contributed by atoms with Crippen molar-refractivity contribution in [3.05, 3.63) is 18.1 Å². The van der Waals surface area contributed by atoms with E-state index in [9.17, 15) is 5.11 Å². The molecule has 0 aliphatic rings. The molecule has 0 spiro atoms. The van der Waals surface area contributed by atoms with Crippen molar-refractivity contribution in [2.75, 3.05) is 18.5 Å². The Labute approximate surface area is 82.8 Å². The number of nitrogens with one attached hydrogen (secondary N) is 1. The molecular formula is C9H15N3O2. The van der Waals surface area contributed by atoms with Crippen LogP contribution < -0.4 is 5.32 Å². The zero-order chi connectivity index (χ0) is 10.6. The first kappa shape index (κ1) is 10.9. The van der Waals surface area contributed by atoms with Gasteiger partial charge in [0.2, 0.25) is 0 Å². The molecule has 1 rings (SSSR count). The maximum Gasteiger partial charge on any atom is 0.144 e. The molecule has 0 aromatic carbocycles. The molecule has 5 nitrogen and oxygen atoms in total. The van der Waals surface area contributed by atoms with Crippen molar-refractivity contribution in [2.24, 2.45) is 0 Å². The molecule has 1 unspecified atom stereocenters. The summed E-state index contributed by atoms with van der Waals surface area (Å²) in [5, 5.41) is 21.2. The molecule has 14 heavy (non-hydrogen) atoms. The highest BCUT2D eigenvalue weighted by atomic mass is 16.3. The van der Waals surface area contributed by atoms with Crippen LogP contribution in [0.5, 0.6) is 0 Å². The molecule has 0 aliphatic heterocycles. The van der Waals surface area contributed by atoms with Crippen molar-refractivity contribution in [2.45, 2.75) is 19.4 Å². The predicted octanol–water partition coefficient (Wildman–Crippen LogP) is -0.0598. The average Bonchev–Trinajstić information content (AvgIpc) is 2.15. The van der Waals surface area contributed by atoms with Crippen molar-refractivity contribution in [1.29, 1.82) is 0 Å². The van der Waals surface area contributed by atoms with E-state index < -0.39 is 5.60 Å². The van der Waals surface area contributed by atoms with Crippen LogP contribution in [0.2, 0.25) is 0 Å². The van der Waals surface area contributed by atoms with Gasteiger partial charge in [0.25, 0.3) is 0 Å². The SMILES string of the molecule is Cc1cncc(NCC(C)(O)CO)n1. The largest absolute Gasteiger partial charge is 0.393 e. The van der Waals surface area contributed by atoms with Gasteiger partial charge in [0.15, 0.2) is 0 Å². The van der Waals surface area contributed by atoms with Gasteiger partial charge in [0.05, 0.1) is 18.5 Å². The fourth-order valence-corrected chi connectivity index (χ4v) is 0.886. The minimum absolute atomic E-state index is 0.238. The molecule has 3 N–H and O–H groups in total. The van der Waals surface area contributed by atoms with Crippen LogP contribution in [-0.2, 0) is 0 Å². The summed E-state index contributed by atoms with van der Waals surface area (Å²) in [5.41, 5.74) is -0.329. The molecule has 0 amide bonds. The Kier molecular flexibility index (Phi) is 3.38. The van der Waals surface area contributed by atoms with E-state index in [4.69, 9.17) is 5.11 Å². The molecule has 1 atom stereocenters. The lowest BCUT2D eigenvalue weighted by atomic mass is 10.1. The molecule has 0 aliphatic carbocycles. The van der Waals surface area contributed by atoms with Gasteiger partial charge in [-0.25, -0.2) is 4.98 Å². The highest BCUT2D eigenvalue weighted by Gasteiger charge is 2.18. The first-order valence-electron chi connectivity index (χ1n) is 4.39. The summed E-state index contributed by atoms with van der Waals surface area (Å²) in [7, 11) is 0. The monoisotopic (exact) mass is 197 g/mol. The topological polar surface area (TPSA) is 78.3 Å². The number of rotatable bonds is 4. The number of hydrogen-bond acceptors (Lipinski definition) is 5. The third kappa shape index (κ3) is 3.27. The van der Waals surface area contributed by atoms with E-state index in [-0.39, 0.29) is 13.2 Å². The number of aryl methyl sites for hydroxylation is 1. The number of anilines is 1. The van der Waals surface area contributed by atoms with Crippen molar-refractivity contribution in [3.63, 3.8) is 0 Å². The first-order valence-corrected chi connectivity index (χ1v) is 4.39. The average molecular weight is 197 g/mol. The van der Waals surface area contributed by atoms with E-state index in [0.717, 1.165) is 5.69 Å². The maximum absolute atomic E-state index is 9.49. The van der Waals surface area contributed by atoms with Crippen molar-refractivity contribution in [3.8, 4) is 0 Å². The number of aliphatic hydroxyl groups is 2. The van der Waals surface area contributed by atoms with Gasteiger partial charge in [-0.3, -0.25) is 4.98 Å². The molecule has 0 saturated heterocycles. The van der Waals surface area contributed by atoms with E-state index >= 15 is 0 Å². The van der Waals surface area contributed by atoms with E-state index in [1.54, 1.807) is 19.3 Å². The van der Waals surface area contributed by atoms with Gasteiger partial charge in [0, 0.05) is 12.7 Å². The van der Waals surface area contributed by atoms with Gasteiger partial charge in [-0.1, -0.05) is 0 Å². The van der Waals surface area contributed by atoms with Gasteiger partial charge >= 0.3 is 0 Å². The summed E-state index contributed by atoms with van der Waals surface area (Å²) in [4.78, 5) is 8.09. The van der Waals surface area contributed by atoms with Crippen LogP contribution in [0.3, 0.4) is 0 Å². The summed E-state index contributed by atoms with van der Waals surface area (Å²) in [5.74, 6) is 0.596. The Bertz CT molecular complexity index is 302. The summed E-state index contributed by atoms with van der Waals surface area (Å²) < 4.78 is 0. The number of aromatic nitrogens is 2. The second kappa shape index (κ2) is 4.34. The molecule has 0 bridgehead atoms. The van der Waals surface area contributed by atoms with Crippen LogP contribution in [0, 0.1) is 6.92 Å². The minimum Gasteiger partial charge on any atom is -0.393 e. The Morgan fingerprint density at radius 1 is 1.50 bits per heavy atom. The third-order valence-electron chi connectivity index (χ3n) is 1.75. The van der Waals surface area contributed by atoms with Crippen molar-refractivity contribution < 1.29 is 10.2 Å². The Hall–Kier alpha value is -1.20. The molecule has 1 heterocycles. The summed E-state index contributed by atoms with van der Waals surface area (Å²) in [6.07, 6.45) is 3.22. The number of nitrogens with zero attached hydrogens (tertiary/aromatic N) is 2. The second-order valence-corrected chi connectivity index (χ2v) is 3.55. The maximum atomic E-state index is 9.49. The second-order valence-electron chi connectivity index (χ2n) is 3.55. The first-order chi connectivity index (χ1) is 6.53. The van der Waals surface area contributed by atoms with Crippen LogP contribution in [0.15, 0.2) is 12.4 Å². The molecule has 0 saturated carbocycles. The molecule has 0 radical (unpaired) electrons. The number of aliphatic hydroxyl groups excluding tert-OH is 1. The van der Waals surface area contributed by atoms with Crippen LogP contribution in [-0.4, -0.2) is 38.9 Å². The fraction of sp³-hybridized carbons (Fsp3) is 0.556. The van der Waals surface area contributed by atoms with Crippen LogP contribution in [0.1, 0.15) is 12.6 Å². The van der Waals surface area contributed by atoms with E-state index in [1.807, 2.05) is 6.92 Å². The smallest absolute Gasteiger partial charge is 0.144 e. The molecule has 1 aromatic heterocycles. The highest BCUT2D eigenvalue weighted by Crippen LogP contribution is 2.05. The van der Waals surface area contributed by atoms with Crippen molar-refractivity contribution in [1.82, 2.24) is 9.97 Å². The minimum atomic E-state index is -1.13.